The van der Waals surface area contributed by atoms with Gasteiger partial charge in [0.15, 0.2) is 23.0 Å². The molecule has 0 unspecified atom stereocenters. The third kappa shape index (κ3) is 20.1. The maximum absolute atomic E-state index is 6.22. The Labute approximate surface area is 342 Å². The molecule has 0 saturated carbocycles. The summed E-state index contributed by atoms with van der Waals surface area (Å²) in [6, 6.07) is 7.79. The van der Waals surface area contributed by atoms with E-state index in [1.54, 1.807) is 0 Å². The van der Waals surface area contributed by atoms with E-state index in [1.165, 1.54) is 0 Å². The molecule has 56 heavy (non-hydrogen) atoms. The molecule has 0 aromatic heterocycles. The van der Waals surface area contributed by atoms with Gasteiger partial charge in [0.25, 0.3) is 0 Å². The van der Waals surface area contributed by atoms with E-state index in [2.05, 4.69) is 124 Å². The van der Waals surface area contributed by atoms with Gasteiger partial charge in [-0.05, 0) is 0 Å². The molecule has 0 spiro atoms. The summed E-state index contributed by atoms with van der Waals surface area (Å²) in [5, 5.41) is 0. The average molecular weight is 833 g/mol. The quantitative estimate of drug-likeness (QED) is 0.196. The number of ether oxygens (including phenoxy) is 8. The molecule has 0 N–H and O–H groups in total. The molecule has 1 heterocycles. The van der Waals surface area contributed by atoms with Crippen LogP contribution in [0.25, 0.3) is 0 Å². The van der Waals surface area contributed by atoms with Crippen LogP contribution in [0.15, 0.2) is 24.3 Å². The molecule has 1 aliphatic rings. The van der Waals surface area contributed by atoms with Gasteiger partial charge < -0.3 is 37.9 Å². The Morgan fingerprint density at radius 1 is 0.304 bits per heavy atom. The maximum atomic E-state index is 6.22. The Hall–Kier alpha value is -3.41. The van der Waals surface area contributed by atoms with Crippen molar-refractivity contribution in [3.8, 4) is 68.9 Å². The van der Waals surface area contributed by atoms with Gasteiger partial charge in [-0.3, -0.25) is 0 Å². The molecule has 2 aromatic carbocycles. The fourth-order valence-corrected chi connectivity index (χ4v) is 6.53. The first-order chi connectivity index (χ1) is 26.3. The predicted molar refractivity (Wildman–Crippen MR) is 239 cm³/mol. The largest absolute Gasteiger partial charge is 0.487 e. The van der Waals surface area contributed by atoms with Crippen molar-refractivity contribution in [1.29, 1.82) is 0 Å². The van der Waals surface area contributed by atoms with Crippen LogP contribution >= 0.6 is 0 Å². The topological polar surface area (TPSA) is 73.8 Å². The van der Waals surface area contributed by atoms with Crippen LogP contribution in [0.5, 0.6) is 23.0 Å². The molecule has 8 nitrogen and oxygen atoms in total. The van der Waals surface area contributed by atoms with E-state index >= 15 is 0 Å². The molecule has 1 aliphatic heterocycles. The molecule has 0 fully saturated rings. The normalized spacial score (nSPS) is 15.8. The minimum atomic E-state index is -1.64. The molecule has 12 heteroatoms. The number of benzene rings is 2. The number of hydrogen-bond acceptors (Lipinski definition) is 8. The van der Waals surface area contributed by atoms with Crippen LogP contribution < -0.4 is 18.9 Å². The Kier molecular flexibility index (Phi) is 18.9. The number of hydrogen-bond donors (Lipinski definition) is 0. The first-order valence-corrected chi connectivity index (χ1v) is 33.6. The second kappa shape index (κ2) is 22.5. The van der Waals surface area contributed by atoms with Gasteiger partial charge in [0.1, 0.15) is 58.7 Å². The average Bonchev–Trinajstić information content (AvgIpc) is 3.09. The summed E-state index contributed by atoms with van der Waals surface area (Å²) in [5.74, 6) is 16.0. The highest BCUT2D eigenvalue weighted by Crippen LogP contribution is 2.32. The zero-order valence-electron chi connectivity index (χ0n) is 36.1. The summed E-state index contributed by atoms with van der Waals surface area (Å²) >= 11 is 0. The molecule has 0 atom stereocenters. The molecule has 0 aliphatic carbocycles. The van der Waals surface area contributed by atoms with Gasteiger partial charge in [-0.2, -0.15) is 0 Å². The zero-order valence-corrected chi connectivity index (χ0v) is 40.1. The maximum Gasteiger partial charge on any atom is 0.162 e. The fraction of sp³-hybridized carbons (Fsp3) is 0.545. The van der Waals surface area contributed by atoms with Crippen molar-refractivity contribution < 1.29 is 37.9 Å². The first kappa shape index (κ1) is 47.0. The van der Waals surface area contributed by atoms with Gasteiger partial charge in [-0.15, -0.1) is 22.2 Å². The van der Waals surface area contributed by atoms with E-state index in [0.29, 0.717) is 102 Å². The summed E-state index contributed by atoms with van der Waals surface area (Å²) in [6.45, 7) is 31.2. The first-order valence-electron chi connectivity index (χ1n) is 19.6. The van der Waals surface area contributed by atoms with Crippen LogP contribution in [0.1, 0.15) is 22.3 Å². The Morgan fingerprint density at radius 3 is 0.661 bits per heavy atom. The summed E-state index contributed by atoms with van der Waals surface area (Å²) in [6.07, 6.45) is 0. The Balaban J connectivity index is 1.78. The smallest absolute Gasteiger partial charge is 0.162 e. The van der Waals surface area contributed by atoms with Crippen molar-refractivity contribution >= 4 is 32.3 Å². The van der Waals surface area contributed by atoms with Gasteiger partial charge in [0.05, 0.1) is 52.9 Å². The van der Waals surface area contributed by atoms with E-state index in [0.717, 1.165) is 22.3 Å². The highest BCUT2D eigenvalue weighted by molar-refractivity contribution is 6.85. The third-order valence-corrected chi connectivity index (χ3v) is 10.6. The molecule has 0 saturated heterocycles. The minimum absolute atomic E-state index is 0.331. The number of fused-ring (bicyclic) bond motifs is 2. The SMILES string of the molecule is C[Si](C)(C)C#Cc1cc2c(cc1C#C[Si](C)(C)C)OCCOCCOCCOc1cc(C#C[Si](C)(C)C)c(C#C[Si](C)(C)C)cc1OCCOCCOCCO2. The minimum Gasteiger partial charge on any atom is -0.487 e. The lowest BCUT2D eigenvalue weighted by molar-refractivity contribution is 0.0223. The molecule has 2 aromatic rings. The monoisotopic (exact) mass is 832 g/mol. The second-order valence-electron chi connectivity index (χ2n) is 17.5. The van der Waals surface area contributed by atoms with E-state index in [9.17, 15) is 0 Å². The van der Waals surface area contributed by atoms with Crippen molar-refractivity contribution in [2.75, 3.05) is 79.3 Å². The van der Waals surface area contributed by atoms with Crippen LogP contribution in [-0.2, 0) is 18.9 Å². The lowest BCUT2D eigenvalue weighted by Gasteiger charge is -2.16. The van der Waals surface area contributed by atoms with Crippen molar-refractivity contribution in [2.45, 2.75) is 78.6 Å². The summed E-state index contributed by atoms with van der Waals surface area (Å²) in [5.41, 5.74) is 17.3. The van der Waals surface area contributed by atoms with Gasteiger partial charge in [-0.1, -0.05) is 102 Å². The number of rotatable bonds is 0. The molecule has 0 bridgehead atoms. The van der Waals surface area contributed by atoms with Crippen LogP contribution in [-0.4, -0.2) is 112 Å². The van der Waals surface area contributed by atoms with E-state index < -0.39 is 32.3 Å². The summed E-state index contributed by atoms with van der Waals surface area (Å²) in [4.78, 5) is 0. The van der Waals surface area contributed by atoms with E-state index in [1.807, 2.05) is 24.3 Å². The highest BCUT2D eigenvalue weighted by atomic mass is 28.3. The predicted octanol–water partition coefficient (Wildman–Crippen LogP) is 7.90. The van der Waals surface area contributed by atoms with Gasteiger partial charge >= 0.3 is 0 Å². The molecule has 0 radical (unpaired) electrons. The standard InChI is InChI=1S/C44H64O8Si4/c1-53(2,3)29-13-37-33-41-42(34-38(37)14-30-54(4,5)6)50-26-22-46-19-20-48-24-28-52-44-36-40(16-32-56(10,11)12)39(15-31-55(7,8)9)35-43(44)51-27-23-47-18-17-45-21-25-49-41/h33-36H,17-28H2,1-12H3. The lowest BCUT2D eigenvalue weighted by Crippen LogP contribution is -2.17. The molecular formula is C44H64O8Si4. The zero-order chi connectivity index (χ0) is 41.2. The lowest BCUT2D eigenvalue weighted by atomic mass is 10.1. The van der Waals surface area contributed by atoms with Gasteiger partial charge in [-0.25, -0.2) is 0 Å². The fourth-order valence-electron chi connectivity index (χ4n) is 4.49. The summed E-state index contributed by atoms with van der Waals surface area (Å²) in [7, 11) is -6.55. The second-order valence-corrected chi connectivity index (χ2v) is 36.5. The third-order valence-electron chi connectivity index (χ3n) is 7.14. The Bertz CT molecular complexity index is 1570. The highest BCUT2D eigenvalue weighted by Gasteiger charge is 2.17. The molecule has 0 amide bonds. The van der Waals surface area contributed by atoms with Crippen molar-refractivity contribution in [2.24, 2.45) is 0 Å². The van der Waals surface area contributed by atoms with E-state index in [-0.39, 0.29) is 0 Å². The van der Waals surface area contributed by atoms with Crippen molar-refractivity contribution in [3.05, 3.63) is 46.5 Å². The van der Waals surface area contributed by atoms with Crippen LogP contribution in [0.3, 0.4) is 0 Å². The van der Waals surface area contributed by atoms with Gasteiger partial charge in [0.2, 0.25) is 0 Å². The molecular weight excluding hydrogens is 769 g/mol. The van der Waals surface area contributed by atoms with Crippen LogP contribution in [0.2, 0.25) is 78.6 Å². The molecule has 3 rings (SSSR count). The Morgan fingerprint density at radius 2 is 0.482 bits per heavy atom. The van der Waals surface area contributed by atoms with Crippen molar-refractivity contribution in [1.82, 2.24) is 0 Å². The summed E-state index contributed by atoms with van der Waals surface area (Å²) < 4.78 is 48.3. The van der Waals surface area contributed by atoms with Crippen molar-refractivity contribution in [3.63, 3.8) is 0 Å². The van der Waals surface area contributed by atoms with Crippen LogP contribution in [0, 0.1) is 45.9 Å². The van der Waals surface area contributed by atoms with E-state index in [4.69, 9.17) is 37.9 Å². The van der Waals surface area contributed by atoms with Gasteiger partial charge in [0, 0.05) is 46.5 Å². The van der Waals surface area contributed by atoms with Crippen LogP contribution in [0.4, 0.5) is 0 Å². The molecule has 304 valence electrons.